The maximum atomic E-state index is 12.0. The summed E-state index contributed by atoms with van der Waals surface area (Å²) in [5, 5.41) is 6.73. The number of hydrogen-bond acceptors (Lipinski definition) is 6. The van der Waals surface area contributed by atoms with Crippen LogP contribution < -0.4 is 15.4 Å². The Morgan fingerprint density at radius 2 is 1.16 bits per heavy atom. The number of piperidine rings is 1. The molecule has 2 aromatic rings. The first kappa shape index (κ1) is 41.1. The van der Waals surface area contributed by atoms with Gasteiger partial charge in [0.1, 0.15) is 11.4 Å². The summed E-state index contributed by atoms with van der Waals surface area (Å²) < 4.78 is 28.8. The monoisotopic (exact) mass is 645 g/mol. The predicted octanol–water partition coefficient (Wildman–Crippen LogP) is 8.15. The molecule has 7 heteroatoms. The fraction of sp³-hybridized carbons (Fsp3) is 0.684. The van der Waals surface area contributed by atoms with Gasteiger partial charge >= 0.3 is 0 Å². The number of nitrogens with zero attached hydrogens (tertiary/aromatic N) is 1. The van der Waals surface area contributed by atoms with Crippen molar-refractivity contribution in [3.63, 3.8) is 0 Å². The second-order valence-electron chi connectivity index (χ2n) is 16.3. The summed E-state index contributed by atoms with van der Waals surface area (Å²) in [5.74, 6) is 1.87. The van der Waals surface area contributed by atoms with Gasteiger partial charge in [-0.3, -0.25) is 4.90 Å². The van der Waals surface area contributed by atoms with Crippen LogP contribution >= 0.6 is 0 Å². The summed E-state index contributed by atoms with van der Waals surface area (Å²) in [6.45, 7) is 34.2. The molecule has 2 aliphatic rings. The van der Waals surface area contributed by atoms with Gasteiger partial charge in [0.25, 0.3) is 0 Å². The highest BCUT2D eigenvalue weighted by atomic mass is 32.2. The topological polar surface area (TPSA) is 70.7 Å². The van der Waals surface area contributed by atoms with E-state index < -0.39 is 14.6 Å². The van der Waals surface area contributed by atoms with E-state index in [9.17, 15) is 8.42 Å². The number of ether oxygens (including phenoxy) is 1. The summed E-state index contributed by atoms with van der Waals surface area (Å²) in [4.78, 5) is 2.92. The summed E-state index contributed by atoms with van der Waals surface area (Å²) in [5.41, 5.74) is 1.86. The molecule has 0 unspecified atom stereocenters. The van der Waals surface area contributed by atoms with Crippen molar-refractivity contribution in [3.8, 4) is 5.75 Å². The quantitative estimate of drug-likeness (QED) is 0.344. The molecule has 258 valence electrons. The van der Waals surface area contributed by atoms with E-state index in [0.717, 1.165) is 30.3 Å². The third kappa shape index (κ3) is 16.5. The predicted molar refractivity (Wildman–Crippen MR) is 194 cm³/mol. The van der Waals surface area contributed by atoms with Gasteiger partial charge in [-0.2, -0.15) is 0 Å². The Morgan fingerprint density at radius 1 is 0.689 bits per heavy atom. The fourth-order valence-corrected chi connectivity index (χ4v) is 6.14. The minimum absolute atomic E-state index is 0.0959. The van der Waals surface area contributed by atoms with E-state index in [1.54, 1.807) is 32.9 Å². The van der Waals surface area contributed by atoms with Gasteiger partial charge in [-0.15, -0.1) is 0 Å². The van der Waals surface area contributed by atoms with Crippen molar-refractivity contribution in [2.24, 2.45) is 11.3 Å². The Bertz CT molecular complexity index is 1140. The number of nitrogens with one attached hydrogen (secondary N) is 2. The van der Waals surface area contributed by atoms with Crippen LogP contribution in [0.5, 0.6) is 5.75 Å². The van der Waals surface area contributed by atoms with Crippen LogP contribution in [0.2, 0.25) is 0 Å². The van der Waals surface area contributed by atoms with Gasteiger partial charge in [0.15, 0.2) is 9.84 Å². The highest BCUT2D eigenvalue weighted by Gasteiger charge is 2.30. The van der Waals surface area contributed by atoms with Crippen LogP contribution in [0.15, 0.2) is 59.5 Å². The van der Waals surface area contributed by atoms with E-state index in [1.165, 1.54) is 39.0 Å². The molecule has 0 aromatic heterocycles. The molecule has 2 aromatic carbocycles. The van der Waals surface area contributed by atoms with Crippen LogP contribution in [0.25, 0.3) is 0 Å². The zero-order valence-electron chi connectivity index (χ0n) is 31.0. The molecule has 0 amide bonds. The van der Waals surface area contributed by atoms with Gasteiger partial charge in [0, 0.05) is 31.7 Å². The third-order valence-electron chi connectivity index (χ3n) is 7.93. The second-order valence-corrected chi connectivity index (χ2v) is 19.0. The standard InChI is InChI=1S/C11H16O2S.C10H14O.C9H19N.C8H18N2/c1-9-5-7-10(8-6-9)14(12,13)11(2,3)4;1-10(2,3)11-9-7-5-4-6-8-9;1-9(2,3)8-4-6-10-7-5-8;1-8(2,3)10-6-4-9-5-7-10/h5-8H,1-4H3;4-8H,1-3H3;8,10H,4-7H2,1-3H3;9H,4-7H2,1-3H3. The van der Waals surface area contributed by atoms with Crippen LogP contribution in [0, 0.1) is 18.3 Å². The lowest BCUT2D eigenvalue weighted by Crippen LogP contribution is -2.51. The van der Waals surface area contributed by atoms with Gasteiger partial charge in [-0.05, 0) is 131 Å². The van der Waals surface area contributed by atoms with Crippen LogP contribution in [-0.4, -0.2) is 68.5 Å². The lowest BCUT2D eigenvalue weighted by atomic mass is 9.76. The molecule has 0 bridgehead atoms. The van der Waals surface area contributed by atoms with Crippen LogP contribution in [0.4, 0.5) is 0 Å². The molecule has 2 heterocycles. The zero-order chi connectivity index (χ0) is 34.5. The Balaban J connectivity index is 0.000000303. The summed E-state index contributed by atoms with van der Waals surface area (Å²) in [7, 11) is -3.19. The number of sulfone groups is 1. The maximum Gasteiger partial charge on any atom is 0.183 e. The highest BCUT2D eigenvalue weighted by molar-refractivity contribution is 7.92. The van der Waals surface area contributed by atoms with E-state index in [4.69, 9.17) is 4.74 Å². The van der Waals surface area contributed by atoms with E-state index in [1.807, 2.05) is 70.2 Å². The lowest BCUT2D eigenvalue weighted by Gasteiger charge is -2.38. The van der Waals surface area contributed by atoms with Gasteiger partial charge in [0.05, 0.1) is 9.64 Å². The lowest BCUT2D eigenvalue weighted by molar-refractivity contribution is 0.119. The van der Waals surface area contributed by atoms with E-state index in [2.05, 4.69) is 57.1 Å². The van der Waals surface area contributed by atoms with Crippen molar-refractivity contribution in [1.29, 1.82) is 0 Å². The zero-order valence-corrected chi connectivity index (χ0v) is 31.8. The highest BCUT2D eigenvalue weighted by Crippen LogP contribution is 2.32. The summed E-state index contributed by atoms with van der Waals surface area (Å²) in [6, 6.07) is 16.8. The van der Waals surface area contributed by atoms with Crippen LogP contribution in [0.3, 0.4) is 0 Å². The van der Waals surface area contributed by atoms with Crippen molar-refractivity contribution >= 4 is 9.84 Å². The van der Waals surface area contributed by atoms with Crippen molar-refractivity contribution in [2.45, 2.75) is 124 Å². The van der Waals surface area contributed by atoms with Gasteiger partial charge in [-0.1, -0.05) is 56.7 Å². The molecule has 2 N–H and O–H groups in total. The van der Waals surface area contributed by atoms with Crippen molar-refractivity contribution < 1.29 is 13.2 Å². The normalized spacial score (nSPS) is 17.0. The van der Waals surface area contributed by atoms with E-state index >= 15 is 0 Å². The average Bonchev–Trinajstić information content (AvgIpc) is 2.94. The van der Waals surface area contributed by atoms with Crippen LogP contribution in [-0.2, 0) is 9.84 Å². The molecular weight excluding hydrogens is 579 g/mol. The minimum atomic E-state index is -3.19. The van der Waals surface area contributed by atoms with Gasteiger partial charge in [-0.25, -0.2) is 8.42 Å². The van der Waals surface area contributed by atoms with E-state index in [-0.39, 0.29) is 5.60 Å². The SMILES string of the molecule is CC(C)(C)C1CCNCC1.CC(C)(C)N1CCNCC1.CC(C)(C)Oc1ccccc1.Cc1ccc(S(=O)(=O)C(C)(C)C)cc1. The number of benzene rings is 2. The fourth-order valence-electron chi connectivity index (χ4n) is 4.94. The first-order valence-corrected chi connectivity index (χ1v) is 18.2. The van der Waals surface area contributed by atoms with Gasteiger partial charge in [0.2, 0.25) is 0 Å². The Kier molecular flexibility index (Phi) is 16.3. The molecule has 45 heavy (non-hydrogen) atoms. The molecular formula is C38H67N3O3S. The molecule has 6 nitrogen and oxygen atoms in total. The number of rotatable bonds is 2. The molecule has 2 fully saturated rings. The van der Waals surface area contributed by atoms with E-state index in [0.29, 0.717) is 15.8 Å². The van der Waals surface area contributed by atoms with Gasteiger partial charge < -0.3 is 15.4 Å². The van der Waals surface area contributed by atoms with Crippen molar-refractivity contribution in [1.82, 2.24) is 15.5 Å². The summed E-state index contributed by atoms with van der Waals surface area (Å²) in [6.07, 6.45) is 2.73. The molecule has 0 saturated carbocycles. The average molecular weight is 646 g/mol. The molecule has 4 rings (SSSR count). The first-order chi connectivity index (χ1) is 20.5. The first-order valence-electron chi connectivity index (χ1n) is 16.8. The smallest absolute Gasteiger partial charge is 0.183 e. The van der Waals surface area contributed by atoms with Crippen LogP contribution in [0.1, 0.15) is 101 Å². The summed E-state index contributed by atoms with van der Waals surface area (Å²) >= 11 is 0. The van der Waals surface area contributed by atoms with Crippen molar-refractivity contribution in [2.75, 3.05) is 39.3 Å². The Labute approximate surface area is 278 Å². The minimum Gasteiger partial charge on any atom is -0.488 e. The molecule has 2 aliphatic heterocycles. The molecule has 0 atom stereocenters. The Morgan fingerprint density at radius 3 is 1.51 bits per heavy atom. The number of aryl methyl sites for hydroxylation is 1. The number of piperazine rings is 1. The third-order valence-corrected chi connectivity index (χ3v) is 10.4. The number of para-hydroxylation sites is 1. The van der Waals surface area contributed by atoms with Crippen molar-refractivity contribution in [3.05, 3.63) is 60.2 Å². The molecule has 0 aliphatic carbocycles. The molecule has 0 radical (unpaired) electrons. The largest absolute Gasteiger partial charge is 0.488 e. The molecule has 0 spiro atoms. The second kappa shape index (κ2) is 17.8. The number of hydrogen-bond donors (Lipinski definition) is 2. The molecule has 2 saturated heterocycles. The Hall–Kier alpha value is -1.93. The maximum absolute atomic E-state index is 12.0.